The van der Waals surface area contributed by atoms with Gasteiger partial charge in [0.2, 0.25) is 0 Å². The van der Waals surface area contributed by atoms with Crippen LogP contribution >= 0.6 is 0 Å². The van der Waals surface area contributed by atoms with E-state index in [-0.39, 0.29) is 18.9 Å². The Balaban J connectivity index is 1.79. The second-order valence-electron chi connectivity index (χ2n) is 6.75. The summed E-state index contributed by atoms with van der Waals surface area (Å²) in [6.07, 6.45) is -5.26. The van der Waals surface area contributed by atoms with Gasteiger partial charge in [0.05, 0.1) is 17.8 Å². The summed E-state index contributed by atoms with van der Waals surface area (Å²) in [5.74, 6) is -0.260. The quantitative estimate of drug-likeness (QED) is 0.852. The number of benzene rings is 1. The molecule has 1 unspecified atom stereocenters. The van der Waals surface area contributed by atoms with E-state index >= 15 is 0 Å². The molecule has 26 heavy (non-hydrogen) atoms. The van der Waals surface area contributed by atoms with Gasteiger partial charge < -0.3 is 19.6 Å². The maximum atomic E-state index is 12.9. The van der Waals surface area contributed by atoms with Gasteiger partial charge in [-0.3, -0.25) is 0 Å². The lowest BCUT2D eigenvalue weighted by Crippen LogP contribution is -2.35. The van der Waals surface area contributed by atoms with Gasteiger partial charge in [-0.25, -0.2) is 4.79 Å². The van der Waals surface area contributed by atoms with Crippen molar-refractivity contribution in [1.29, 1.82) is 0 Å². The molecule has 1 amide bonds. The molecule has 1 aliphatic rings. The lowest BCUT2D eigenvalue weighted by molar-refractivity contribution is -0.139. The number of nitrogens with zero attached hydrogens (tertiary/aromatic N) is 1. The minimum atomic E-state index is -4.49. The third-order valence-electron chi connectivity index (χ3n) is 3.25. The summed E-state index contributed by atoms with van der Waals surface area (Å²) in [5.41, 5.74) is -0.903. The lowest BCUT2D eigenvalue weighted by Gasteiger charge is -2.19. The first-order chi connectivity index (χ1) is 12.0. The molecule has 0 aromatic heterocycles. The molecule has 1 heterocycles. The number of hydrogen-bond donors (Lipinski definition) is 1. The predicted octanol–water partition coefficient (Wildman–Crippen LogP) is 3.75. The van der Waals surface area contributed by atoms with Crippen molar-refractivity contribution in [2.45, 2.75) is 45.1 Å². The topological polar surface area (TPSA) is 69.2 Å². The summed E-state index contributed by atoms with van der Waals surface area (Å²) in [6, 6.07) is 4.97. The number of carbonyl (C=O) groups excluding carboxylic acids is 1. The van der Waals surface area contributed by atoms with Crippen LogP contribution < -0.4 is 10.1 Å². The maximum absolute atomic E-state index is 12.9. The molecule has 1 aromatic rings. The molecular weight excluding hydrogens is 353 g/mol. The summed E-state index contributed by atoms with van der Waals surface area (Å²) >= 11 is 0. The number of rotatable bonds is 5. The van der Waals surface area contributed by atoms with E-state index in [9.17, 15) is 18.0 Å². The van der Waals surface area contributed by atoms with Crippen LogP contribution in [-0.4, -0.2) is 36.7 Å². The number of alkyl carbamates (subject to hydrolysis) is 1. The fourth-order valence-electron chi connectivity index (χ4n) is 2.18. The highest BCUT2D eigenvalue weighted by Crippen LogP contribution is 2.36. The number of ether oxygens (including phenoxy) is 2. The van der Waals surface area contributed by atoms with E-state index in [1.165, 1.54) is 18.2 Å². The number of nitrogens with one attached hydrogen (secondary N) is 1. The van der Waals surface area contributed by atoms with E-state index < -0.39 is 29.5 Å². The Bertz CT molecular complexity index is 669. The predicted molar refractivity (Wildman–Crippen MR) is 88.1 cm³/mol. The van der Waals surface area contributed by atoms with Crippen LogP contribution in [0.15, 0.2) is 29.4 Å². The van der Waals surface area contributed by atoms with Crippen LogP contribution in [0.4, 0.5) is 18.0 Å². The summed E-state index contributed by atoms with van der Waals surface area (Å²) in [7, 11) is 0. The van der Waals surface area contributed by atoms with E-state index in [0.29, 0.717) is 12.1 Å². The van der Waals surface area contributed by atoms with Gasteiger partial charge in [-0.15, -0.1) is 0 Å². The number of oxime groups is 1. The highest BCUT2D eigenvalue weighted by molar-refractivity contribution is 5.89. The van der Waals surface area contributed by atoms with Crippen molar-refractivity contribution in [3.8, 4) is 5.75 Å². The minimum absolute atomic E-state index is 0.0907. The van der Waals surface area contributed by atoms with Gasteiger partial charge >= 0.3 is 12.3 Å². The largest absolute Gasteiger partial charge is 0.489 e. The molecule has 0 radical (unpaired) electrons. The molecule has 0 fully saturated rings. The van der Waals surface area contributed by atoms with Crippen LogP contribution in [0.5, 0.6) is 5.75 Å². The van der Waals surface area contributed by atoms with Crippen molar-refractivity contribution in [2.24, 2.45) is 5.16 Å². The summed E-state index contributed by atoms with van der Waals surface area (Å²) in [6.45, 7) is 5.27. The first-order valence-corrected chi connectivity index (χ1v) is 8.02. The van der Waals surface area contributed by atoms with Gasteiger partial charge in [-0.05, 0) is 32.9 Å². The van der Waals surface area contributed by atoms with Crippen LogP contribution in [-0.2, 0) is 15.8 Å². The zero-order valence-electron chi connectivity index (χ0n) is 14.7. The molecule has 1 aromatic carbocycles. The Morgan fingerprint density at radius 2 is 2.00 bits per heavy atom. The molecule has 2 rings (SSSR count). The fourth-order valence-corrected chi connectivity index (χ4v) is 2.18. The Morgan fingerprint density at radius 3 is 2.65 bits per heavy atom. The molecule has 1 atom stereocenters. The van der Waals surface area contributed by atoms with Crippen LogP contribution in [0.2, 0.25) is 0 Å². The van der Waals surface area contributed by atoms with Crippen LogP contribution in [0, 0.1) is 0 Å². The summed E-state index contributed by atoms with van der Waals surface area (Å²) in [4.78, 5) is 16.7. The van der Waals surface area contributed by atoms with E-state index in [1.54, 1.807) is 20.8 Å². The Labute approximate surface area is 149 Å². The molecule has 0 saturated carbocycles. The van der Waals surface area contributed by atoms with Gasteiger partial charge in [-0.1, -0.05) is 17.3 Å². The number of halogens is 3. The second kappa shape index (κ2) is 7.84. The van der Waals surface area contributed by atoms with Crippen LogP contribution in [0.3, 0.4) is 0 Å². The lowest BCUT2D eigenvalue weighted by atomic mass is 10.1. The molecule has 9 heteroatoms. The van der Waals surface area contributed by atoms with Gasteiger partial charge in [0.1, 0.15) is 18.0 Å². The van der Waals surface area contributed by atoms with Crippen LogP contribution in [0.25, 0.3) is 0 Å². The third-order valence-corrected chi connectivity index (χ3v) is 3.25. The third kappa shape index (κ3) is 6.12. The summed E-state index contributed by atoms with van der Waals surface area (Å²) < 4.78 is 49.1. The first-order valence-electron chi connectivity index (χ1n) is 8.02. The zero-order valence-corrected chi connectivity index (χ0v) is 14.7. The summed E-state index contributed by atoms with van der Waals surface area (Å²) in [5, 5.41) is 6.36. The number of para-hydroxylation sites is 1. The molecular formula is C17H21F3N2O4. The van der Waals surface area contributed by atoms with Gasteiger partial charge in [0, 0.05) is 6.42 Å². The average Bonchev–Trinajstić information content (AvgIpc) is 2.97. The average molecular weight is 374 g/mol. The van der Waals surface area contributed by atoms with Crippen molar-refractivity contribution >= 4 is 11.8 Å². The minimum Gasteiger partial charge on any atom is -0.489 e. The molecule has 144 valence electrons. The number of hydrogen-bond acceptors (Lipinski definition) is 5. The SMILES string of the molecule is CC(C)(C)OC(=O)NCC1=NOC(COc2ccccc2C(F)(F)F)C1. The molecule has 0 aliphatic carbocycles. The molecule has 0 bridgehead atoms. The van der Waals surface area contributed by atoms with Gasteiger partial charge in [-0.2, -0.15) is 13.2 Å². The van der Waals surface area contributed by atoms with E-state index in [2.05, 4.69) is 10.5 Å². The normalized spacial score (nSPS) is 17.3. The second-order valence-corrected chi connectivity index (χ2v) is 6.75. The van der Waals surface area contributed by atoms with E-state index in [1.807, 2.05) is 0 Å². The highest BCUT2D eigenvalue weighted by atomic mass is 19.4. The molecule has 6 nitrogen and oxygen atoms in total. The van der Waals surface area contributed by atoms with Crippen molar-refractivity contribution in [3.63, 3.8) is 0 Å². The van der Waals surface area contributed by atoms with Crippen molar-refractivity contribution in [2.75, 3.05) is 13.2 Å². The Kier molecular flexibility index (Phi) is 5.99. The fraction of sp³-hybridized carbons (Fsp3) is 0.529. The number of carbonyl (C=O) groups is 1. The van der Waals surface area contributed by atoms with Crippen molar-refractivity contribution in [1.82, 2.24) is 5.32 Å². The Morgan fingerprint density at radius 1 is 1.31 bits per heavy atom. The standard InChI is InChI=1S/C17H21F3N2O4/c1-16(2,3)25-15(23)21-9-11-8-12(26-22-11)10-24-14-7-5-4-6-13(14)17(18,19)20/h4-7,12H,8-10H2,1-3H3,(H,21,23). The number of amides is 1. The van der Waals surface area contributed by atoms with Crippen molar-refractivity contribution in [3.05, 3.63) is 29.8 Å². The van der Waals surface area contributed by atoms with Crippen LogP contribution in [0.1, 0.15) is 32.8 Å². The van der Waals surface area contributed by atoms with Crippen molar-refractivity contribution < 1.29 is 32.3 Å². The smallest absolute Gasteiger partial charge is 0.419 e. The van der Waals surface area contributed by atoms with E-state index in [0.717, 1.165) is 6.07 Å². The van der Waals surface area contributed by atoms with Gasteiger partial charge in [0.15, 0.2) is 6.10 Å². The molecule has 0 saturated heterocycles. The maximum Gasteiger partial charge on any atom is 0.419 e. The zero-order chi connectivity index (χ0) is 19.4. The van der Waals surface area contributed by atoms with E-state index in [4.69, 9.17) is 14.3 Å². The Hall–Kier alpha value is -2.45. The monoisotopic (exact) mass is 374 g/mol. The molecule has 0 spiro atoms. The molecule has 1 N–H and O–H groups in total. The first kappa shape index (κ1) is 19.9. The van der Waals surface area contributed by atoms with Gasteiger partial charge in [0.25, 0.3) is 0 Å². The molecule has 1 aliphatic heterocycles. The highest BCUT2D eigenvalue weighted by Gasteiger charge is 2.34. The number of alkyl halides is 3.